The number of carbonyl (C=O) groups excluding carboxylic acids is 1. The first-order chi connectivity index (χ1) is 9.58. The molecule has 1 fully saturated rings. The first-order valence-corrected chi connectivity index (χ1v) is 6.56. The Labute approximate surface area is 115 Å². The van der Waals surface area contributed by atoms with E-state index in [0.29, 0.717) is 11.6 Å². The molecule has 1 aliphatic rings. The highest BCUT2D eigenvalue weighted by molar-refractivity contribution is 5.90. The summed E-state index contributed by atoms with van der Waals surface area (Å²) < 4.78 is 1.66. The minimum Gasteiger partial charge on any atom is -0.341 e. The average molecular weight is 273 g/mol. The topological polar surface area (TPSA) is 68.4 Å². The molecule has 0 aliphatic heterocycles. The van der Waals surface area contributed by atoms with Crippen molar-refractivity contribution in [3.05, 3.63) is 40.6 Å². The maximum absolute atomic E-state index is 12.2. The van der Waals surface area contributed by atoms with Gasteiger partial charge in [-0.05, 0) is 18.9 Å². The lowest BCUT2D eigenvalue weighted by Crippen LogP contribution is -2.31. The van der Waals surface area contributed by atoms with Gasteiger partial charge in [0.15, 0.2) is 0 Å². The Morgan fingerprint density at radius 1 is 1.45 bits per heavy atom. The average Bonchev–Trinajstić information content (AvgIpc) is 3.20. The van der Waals surface area contributed by atoms with Gasteiger partial charge in [0.2, 0.25) is 5.91 Å². The van der Waals surface area contributed by atoms with Gasteiger partial charge in [0, 0.05) is 30.7 Å². The Bertz CT molecular complexity index is 688. The molecule has 0 unspecified atom stereocenters. The predicted octanol–water partition coefficient (Wildman–Crippen LogP) is 2.17. The van der Waals surface area contributed by atoms with E-state index in [0.717, 1.165) is 18.2 Å². The number of hydrogen-bond donors (Lipinski definition) is 0. The molecular formula is C14H15N3O3. The molecule has 1 aromatic heterocycles. The summed E-state index contributed by atoms with van der Waals surface area (Å²) in [7, 11) is 1.79. The van der Waals surface area contributed by atoms with Gasteiger partial charge >= 0.3 is 0 Å². The van der Waals surface area contributed by atoms with Crippen LogP contribution in [-0.2, 0) is 11.3 Å². The van der Waals surface area contributed by atoms with E-state index in [-0.39, 0.29) is 18.1 Å². The Kier molecular flexibility index (Phi) is 2.93. The van der Waals surface area contributed by atoms with E-state index in [1.807, 2.05) is 6.07 Å². The molecule has 0 spiro atoms. The monoisotopic (exact) mass is 273 g/mol. The SMILES string of the molecule is CN(C(=O)Cn1ccc2cccc([N+](=O)[O-])c21)C1CC1. The minimum atomic E-state index is -0.409. The number of nitrogens with zero attached hydrogens (tertiary/aromatic N) is 3. The van der Waals surface area contributed by atoms with Crippen LogP contribution >= 0.6 is 0 Å². The maximum atomic E-state index is 12.2. The van der Waals surface area contributed by atoms with Crippen LogP contribution in [0, 0.1) is 10.1 Å². The fourth-order valence-electron chi connectivity index (χ4n) is 2.44. The standard InChI is InChI=1S/C14H15N3O3/c1-15(11-5-6-11)13(18)9-16-8-7-10-3-2-4-12(14(10)16)17(19)20/h2-4,7-8,11H,5-6,9H2,1H3. The van der Waals surface area contributed by atoms with E-state index in [1.165, 1.54) is 6.07 Å². The third-order valence-electron chi connectivity index (χ3n) is 3.76. The van der Waals surface area contributed by atoms with Gasteiger partial charge in [0.25, 0.3) is 5.69 Å². The van der Waals surface area contributed by atoms with Crippen molar-refractivity contribution in [3.63, 3.8) is 0 Å². The lowest BCUT2D eigenvalue weighted by atomic mass is 10.2. The zero-order chi connectivity index (χ0) is 14.3. The second kappa shape index (κ2) is 4.63. The number of non-ortho nitro benzene ring substituents is 1. The first kappa shape index (κ1) is 12.7. The van der Waals surface area contributed by atoms with Gasteiger partial charge in [-0.25, -0.2) is 0 Å². The van der Waals surface area contributed by atoms with Crippen LogP contribution in [0.15, 0.2) is 30.5 Å². The molecule has 1 amide bonds. The summed E-state index contributed by atoms with van der Waals surface area (Å²) in [6, 6.07) is 7.08. The number of rotatable bonds is 4. The fraction of sp³-hybridized carbons (Fsp3) is 0.357. The van der Waals surface area contributed by atoms with Crippen molar-refractivity contribution in [1.29, 1.82) is 0 Å². The number of nitro groups is 1. The highest BCUT2D eigenvalue weighted by Crippen LogP contribution is 2.28. The molecule has 0 bridgehead atoms. The van der Waals surface area contributed by atoms with Gasteiger partial charge < -0.3 is 9.47 Å². The third-order valence-corrected chi connectivity index (χ3v) is 3.76. The normalized spacial score (nSPS) is 14.4. The van der Waals surface area contributed by atoms with E-state index < -0.39 is 4.92 Å². The molecular weight excluding hydrogens is 258 g/mol. The number of likely N-dealkylation sites (N-methyl/N-ethyl adjacent to an activating group) is 1. The fourth-order valence-corrected chi connectivity index (χ4v) is 2.44. The lowest BCUT2D eigenvalue weighted by Gasteiger charge is -2.16. The molecule has 20 heavy (non-hydrogen) atoms. The van der Waals surface area contributed by atoms with Crippen molar-refractivity contribution >= 4 is 22.5 Å². The molecule has 1 saturated carbocycles. The molecule has 6 heteroatoms. The highest BCUT2D eigenvalue weighted by Gasteiger charge is 2.29. The molecule has 0 saturated heterocycles. The molecule has 104 valence electrons. The number of nitro benzene ring substituents is 1. The van der Waals surface area contributed by atoms with Crippen LogP contribution in [0.3, 0.4) is 0 Å². The second-order valence-corrected chi connectivity index (χ2v) is 5.15. The molecule has 0 atom stereocenters. The first-order valence-electron chi connectivity index (χ1n) is 6.56. The number of fused-ring (bicyclic) bond motifs is 1. The van der Waals surface area contributed by atoms with Crippen molar-refractivity contribution in [1.82, 2.24) is 9.47 Å². The van der Waals surface area contributed by atoms with E-state index in [4.69, 9.17) is 0 Å². The van der Waals surface area contributed by atoms with Gasteiger partial charge in [0.05, 0.1) is 4.92 Å². The molecule has 6 nitrogen and oxygen atoms in total. The van der Waals surface area contributed by atoms with Gasteiger partial charge in [-0.3, -0.25) is 14.9 Å². The van der Waals surface area contributed by atoms with Gasteiger partial charge in [-0.15, -0.1) is 0 Å². The molecule has 2 aromatic rings. The van der Waals surface area contributed by atoms with Crippen LogP contribution in [0.25, 0.3) is 10.9 Å². The number of benzene rings is 1. The van der Waals surface area contributed by atoms with Crippen LogP contribution in [0.2, 0.25) is 0 Å². The zero-order valence-electron chi connectivity index (χ0n) is 11.2. The lowest BCUT2D eigenvalue weighted by molar-refractivity contribution is -0.383. The number of amides is 1. The van der Waals surface area contributed by atoms with E-state index in [9.17, 15) is 14.9 Å². The van der Waals surface area contributed by atoms with Crippen LogP contribution in [-0.4, -0.2) is 33.4 Å². The largest absolute Gasteiger partial charge is 0.341 e. The van der Waals surface area contributed by atoms with Crippen LogP contribution < -0.4 is 0 Å². The summed E-state index contributed by atoms with van der Waals surface area (Å²) in [5.41, 5.74) is 0.546. The van der Waals surface area contributed by atoms with Crippen LogP contribution in [0.5, 0.6) is 0 Å². The quantitative estimate of drug-likeness (QED) is 0.633. The van der Waals surface area contributed by atoms with Crippen molar-refractivity contribution in [2.45, 2.75) is 25.4 Å². The maximum Gasteiger partial charge on any atom is 0.293 e. The summed E-state index contributed by atoms with van der Waals surface area (Å²) in [5.74, 6) is -0.0110. The van der Waals surface area contributed by atoms with Crippen LogP contribution in [0.4, 0.5) is 5.69 Å². The molecule has 3 rings (SSSR count). The highest BCUT2D eigenvalue weighted by atomic mass is 16.6. The van der Waals surface area contributed by atoms with Gasteiger partial charge in [0.1, 0.15) is 12.1 Å². The van der Waals surface area contributed by atoms with Crippen molar-refractivity contribution < 1.29 is 9.72 Å². The van der Waals surface area contributed by atoms with Crippen molar-refractivity contribution in [2.75, 3.05) is 7.05 Å². The summed E-state index contributed by atoms with van der Waals surface area (Å²) in [6.07, 6.45) is 3.83. The molecule has 1 heterocycles. The van der Waals surface area contributed by atoms with Crippen LogP contribution in [0.1, 0.15) is 12.8 Å². The van der Waals surface area contributed by atoms with E-state index >= 15 is 0 Å². The number of aromatic nitrogens is 1. The Hall–Kier alpha value is -2.37. The molecule has 0 radical (unpaired) electrons. The summed E-state index contributed by atoms with van der Waals surface area (Å²) >= 11 is 0. The molecule has 1 aliphatic carbocycles. The van der Waals surface area contributed by atoms with Crippen molar-refractivity contribution in [2.24, 2.45) is 0 Å². The van der Waals surface area contributed by atoms with E-state index in [2.05, 4.69) is 0 Å². The Morgan fingerprint density at radius 3 is 2.85 bits per heavy atom. The molecule has 1 aromatic carbocycles. The summed E-state index contributed by atoms with van der Waals surface area (Å²) in [6.45, 7) is 0.140. The third kappa shape index (κ3) is 2.13. The van der Waals surface area contributed by atoms with Crippen molar-refractivity contribution in [3.8, 4) is 0 Å². The minimum absolute atomic E-state index is 0.0110. The predicted molar refractivity (Wildman–Crippen MR) is 74.4 cm³/mol. The number of hydrogen-bond acceptors (Lipinski definition) is 3. The zero-order valence-corrected chi connectivity index (χ0v) is 11.2. The smallest absolute Gasteiger partial charge is 0.293 e. The van der Waals surface area contributed by atoms with E-state index in [1.54, 1.807) is 34.8 Å². The van der Waals surface area contributed by atoms with Gasteiger partial charge in [-0.2, -0.15) is 0 Å². The Morgan fingerprint density at radius 2 is 2.20 bits per heavy atom. The Balaban J connectivity index is 1.95. The number of para-hydroxylation sites is 1. The second-order valence-electron chi connectivity index (χ2n) is 5.15. The molecule has 0 N–H and O–H groups in total. The summed E-state index contributed by atoms with van der Waals surface area (Å²) in [5, 5.41) is 11.9. The van der Waals surface area contributed by atoms with Gasteiger partial charge in [-0.1, -0.05) is 12.1 Å². The summed E-state index contributed by atoms with van der Waals surface area (Å²) in [4.78, 5) is 24.6. The number of carbonyl (C=O) groups is 1.